The van der Waals surface area contributed by atoms with Crippen LogP contribution < -0.4 is 0 Å². The van der Waals surface area contributed by atoms with Crippen molar-refractivity contribution in [3.05, 3.63) is 0 Å². The van der Waals surface area contributed by atoms with Crippen molar-refractivity contribution in [1.82, 2.24) is 0 Å². The van der Waals surface area contributed by atoms with Crippen molar-refractivity contribution in [3.63, 3.8) is 0 Å². The third kappa shape index (κ3) is 2.89. The van der Waals surface area contributed by atoms with Gasteiger partial charge in [-0.25, -0.2) is 4.79 Å². The number of ether oxygens (including phenoxy) is 1. The Balaban J connectivity index is 4.83. The molecule has 3 nitrogen and oxygen atoms in total. The summed E-state index contributed by atoms with van der Waals surface area (Å²) in [5.41, 5.74) is -0.527. The van der Waals surface area contributed by atoms with Crippen molar-refractivity contribution in [2.24, 2.45) is 11.8 Å². The quantitative estimate of drug-likeness (QED) is 0.694. The lowest BCUT2D eigenvalue weighted by atomic mass is 9.77. The third-order valence-electron chi connectivity index (χ3n) is 2.87. The highest BCUT2D eigenvalue weighted by molar-refractivity contribution is 5.57. The Kier molecular flexibility index (Phi) is 4.95. The second-order valence-electron chi connectivity index (χ2n) is 4.38. The molecular weight excluding hydrogens is 180 g/mol. The van der Waals surface area contributed by atoms with Gasteiger partial charge in [0.05, 0.1) is 0 Å². The average molecular weight is 202 g/mol. The molecule has 0 aromatic carbocycles. The van der Waals surface area contributed by atoms with Crippen LogP contribution in [0.1, 0.15) is 47.5 Å². The van der Waals surface area contributed by atoms with Crippen LogP contribution in [-0.2, 0) is 4.74 Å². The Morgan fingerprint density at radius 2 is 1.71 bits per heavy atom. The van der Waals surface area contributed by atoms with E-state index in [0.717, 1.165) is 12.8 Å². The van der Waals surface area contributed by atoms with Crippen molar-refractivity contribution >= 4 is 6.16 Å². The molecule has 0 aliphatic rings. The maximum absolute atomic E-state index is 10.7. The van der Waals surface area contributed by atoms with Crippen LogP contribution in [0.2, 0.25) is 0 Å². The molecule has 0 rings (SSSR count). The van der Waals surface area contributed by atoms with Crippen LogP contribution >= 0.6 is 0 Å². The molecule has 0 aromatic heterocycles. The molecule has 0 radical (unpaired) electrons. The predicted octanol–water partition coefficient (Wildman–Crippen LogP) is 3.53. The number of hydrogen-bond donors (Lipinski definition) is 1. The van der Waals surface area contributed by atoms with Gasteiger partial charge in [-0.2, -0.15) is 0 Å². The predicted molar refractivity (Wildman–Crippen MR) is 56.4 cm³/mol. The maximum atomic E-state index is 10.7. The van der Waals surface area contributed by atoms with Gasteiger partial charge in [0.25, 0.3) is 0 Å². The van der Waals surface area contributed by atoms with Crippen molar-refractivity contribution in [1.29, 1.82) is 0 Å². The molecule has 0 aliphatic carbocycles. The minimum atomic E-state index is -1.17. The zero-order valence-electron chi connectivity index (χ0n) is 9.83. The first-order valence-corrected chi connectivity index (χ1v) is 5.28. The summed E-state index contributed by atoms with van der Waals surface area (Å²) in [6.07, 6.45) is 0.555. The van der Waals surface area contributed by atoms with Crippen molar-refractivity contribution in [2.45, 2.75) is 53.1 Å². The zero-order valence-corrected chi connectivity index (χ0v) is 9.83. The summed E-state index contributed by atoms with van der Waals surface area (Å²) >= 11 is 0. The largest absolute Gasteiger partial charge is 0.506 e. The van der Waals surface area contributed by atoms with Gasteiger partial charge in [-0.1, -0.05) is 41.0 Å². The number of hydrogen-bond acceptors (Lipinski definition) is 2. The average Bonchev–Trinajstić information content (AvgIpc) is 2.01. The van der Waals surface area contributed by atoms with Crippen molar-refractivity contribution in [2.75, 3.05) is 0 Å². The van der Waals surface area contributed by atoms with E-state index < -0.39 is 11.8 Å². The van der Waals surface area contributed by atoms with E-state index in [4.69, 9.17) is 9.84 Å². The summed E-state index contributed by atoms with van der Waals surface area (Å²) in [5, 5.41) is 8.75. The Labute approximate surface area is 86.5 Å². The van der Waals surface area contributed by atoms with E-state index >= 15 is 0 Å². The van der Waals surface area contributed by atoms with Crippen molar-refractivity contribution in [3.8, 4) is 0 Å². The van der Waals surface area contributed by atoms with E-state index in [-0.39, 0.29) is 11.8 Å². The molecule has 14 heavy (non-hydrogen) atoms. The lowest BCUT2D eigenvalue weighted by molar-refractivity contribution is -0.0845. The minimum absolute atomic E-state index is 0.207. The van der Waals surface area contributed by atoms with E-state index in [1.54, 1.807) is 0 Å². The second kappa shape index (κ2) is 5.23. The molecule has 0 bridgehead atoms. The highest BCUT2D eigenvalue weighted by Crippen LogP contribution is 2.35. The molecule has 0 fully saturated rings. The van der Waals surface area contributed by atoms with Gasteiger partial charge >= 0.3 is 6.16 Å². The Morgan fingerprint density at radius 3 is 1.93 bits per heavy atom. The normalized spacial score (nSPS) is 12.2. The van der Waals surface area contributed by atoms with Crippen LogP contribution in [0.15, 0.2) is 0 Å². The second-order valence-corrected chi connectivity index (χ2v) is 4.38. The molecule has 0 saturated carbocycles. The number of carboxylic acid groups (broad SMARTS) is 1. The first-order valence-electron chi connectivity index (χ1n) is 5.28. The van der Waals surface area contributed by atoms with Crippen LogP contribution in [0.4, 0.5) is 4.79 Å². The molecular formula is C11H22O3. The number of carbonyl (C=O) groups is 1. The van der Waals surface area contributed by atoms with Gasteiger partial charge in [0.1, 0.15) is 5.60 Å². The van der Waals surface area contributed by atoms with Gasteiger partial charge in [0.2, 0.25) is 0 Å². The molecule has 0 aliphatic heterocycles. The van der Waals surface area contributed by atoms with Crippen LogP contribution in [0.3, 0.4) is 0 Å². The Bertz CT molecular complexity index is 177. The SMILES string of the molecule is CCCC(OC(=O)O)(C(C)C)C(C)C. The highest BCUT2D eigenvalue weighted by atomic mass is 16.7. The summed E-state index contributed by atoms with van der Waals surface area (Å²) in [5.74, 6) is 0.414. The summed E-state index contributed by atoms with van der Waals surface area (Å²) in [6, 6.07) is 0. The zero-order chi connectivity index (χ0) is 11.4. The monoisotopic (exact) mass is 202 g/mol. The molecule has 0 saturated heterocycles. The standard InChI is InChI=1S/C11H22O3/c1-6-7-11(8(2)3,9(4)5)14-10(12)13/h8-9H,6-7H2,1-5H3,(H,12,13). The molecule has 84 valence electrons. The van der Waals surface area contributed by atoms with E-state index in [1.807, 2.05) is 34.6 Å². The van der Waals surface area contributed by atoms with Crippen LogP contribution in [0.25, 0.3) is 0 Å². The van der Waals surface area contributed by atoms with E-state index in [2.05, 4.69) is 0 Å². The summed E-state index contributed by atoms with van der Waals surface area (Å²) < 4.78 is 5.12. The van der Waals surface area contributed by atoms with Crippen LogP contribution in [-0.4, -0.2) is 16.9 Å². The van der Waals surface area contributed by atoms with E-state index in [9.17, 15) is 4.79 Å². The van der Waals surface area contributed by atoms with Crippen LogP contribution in [0, 0.1) is 11.8 Å². The van der Waals surface area contributed by atoms with E-state index in [0.29, 0.717) is 0 Å². The molecule has 3 heteroatoms. The molecule has 1 N–H and O–H groups in total. The Hall–Kier alpha value is -0.730. The van der Waals surface area contributed by atoms with Gasteiger partial charge in [0, 0.05) is 0 Å². The summed E-state index contributed by atoms with van der Waals surface area (Å²) in [6.45, 7) is 10.1. The first kappa shape index (κ1) is 13.3. The fourth-order valence-electron chi connectivity index (χ4n) is 2.08. The molecule has 0 atom stereocenters. The smallest absolute Gasteiger partial charge is 0.450 e. The molecule has 0 spiro atoms. The lowest BCUT2D eigenvalue weighted by Crippen LogP contribution is -2.45. The molecule has 0 aromatic rings. The van der Waals surface area contributed by atoms with Gasteiger partial charge in [-0.15, -0.1) is 0 Å². The van der Waals surface area contributed by atoms with E-state index in [1.165, 1.54) is 0 Å². The molecule has 0 unspecified atom stereocenters. The van der Waals surface area contributed by atoms with Gasteiger partial charge in [0.15, 0.2) is 0 Å². The molecule has 0 amide bonds. The minimum Gasteiger partial charge on any atom is -0.450 e. The van der Waals surface area contributed by atoms with Crippen molar-refractivity contribution < 1.29 is 14.6 Å². The van der Waals surface area contributed by atoms with Crippen LogP contribution in [0.5, 0.6) is 0 Å². The Morgan fingerprint density at radius 1 is 1.29 bits per heavy atom. The lowest BCUT2D eigenvalue weighted by Gasteiger charge is -2.39. The number of rotatable bonds is 5. The van der Waals surface area contributed by atoms with Gasteiger partial charge in [-0.05, 0) is 18.3 Å². The summed E-state index contributed by atoms with van der Waals surface area (Å²) in [4.78, 5) is 10.7. The highest BCUT2D eigenvalue weighted by Gasteiger charge is 2.40. The van der Waals surface area contributed by atoms with Gasteiger partial charge in [-0.3, -0.25) is 0 Å². The third-order valence-corrected chi connectivity index (χ3v) is 2.87. The topological polar surface area (TPSA) is 46.5 Å². The summed E-state index contributed by atoms with van der Waals surface area (Å²) in [7, 11) is 0. The first-order chi connectivity index (χ1) is 6.36. The molecule has 0 heterocycles. The fraction of sp³-hybridized carbons (Fsp3) is 0.909. The maximum Gasteiger partial charge on any atom is 0.506 e. The van der Waals surface area contributed by atoms with Gasteiger partial charge < -0.3 is 9.84 Å². The fourth-order valence-corrected chi connectivity index (χ4v) is 2.08.